The minimum absolute atomic E-state index is 0.0134. The molecule has 14 nitrogen and oxygen atoms in total. The summed E-state index contributed by atoms with van der Waals surface area (Å²) in [5.74, 6) is -5.41. The third-order valence-corrected chi connectivity index (χ3v) is 5.30. The second-order valence-electron chi connectivity index (χ2n) is 8.36. The molecule has 3 amide bonds. The zero-order valence-corrected chi connectivity index (χ0v) is 20.0. The number of hydrogen-bond donors (Lipinski definition) is 8. The van der Waals surface area contributed by atoms with Crippen LogP contribution in [0.15, 0.2) is 42.9 Å². The van der Waals surface area contributed by atoms with Gasteiger partial charge in [-0.3, -0.25) is 19.2 Å². The van der Waals surface area contributed by atoms with Gasteiger partial charge in [0.15, 0.2) is 0 Å². The summed E-state index contributed by atoms with van der Waals surface area (Å²) in [7, 11) is 0. The molecule has 0 aliphatic carbocycles. The first-order chi connectivity index (χ1) is 17.5. The fourth-order valence-electron chi connectivity index (χ4n) is 3.36. The number of carbonyl (C=O) groups is 5. The van der Waals surface area contributed by atoms with Crippen LogP contribution in [0.1, 0.15) is 24.6 Å². The molecule has 1 aromatic carbocycles. The summed E-state index contributed by atoms with van der Waals surface area (Å²) in [4.78, 5) is 67.5. The van der Waals surface area contributed by atoms with Crippen LogP contribution < -0.4 is 21.7 Å². The number of nitrogens with zero attached hydrogens (tertiary/aromatic N) is 1. The molecule has 5 atom stereocenters. The molecule has 0 fully saturated rings. The van der Waals surface area contributed by atoms with E-state index in [1.807, 2.05) is 0 Å². The molecule has 0 aliphatic heterocycles. The Balaban J connectivity index is 2.19. The van der Waals surface area contributed by atoms with E-state index in [-0.39, 0.29) is 12.8 Å². The molecule has 1 heterocycles. The molecule has 14 heteroatoms. The molecule has 9 N–H and O–H groups in total. The van der Waals surface area contributed by atoms with Gasteiger partial charge in [0, 0.05) is 24.7 Å². The van der Waals surface area contributed by atoms with Crippen molar-refractivity contribution >= 4 is 29.7 Å². The average Bonchev–Trinajstić information content (AvgIpc) is 3.34. The lowest BCUT2D eigenvalue weighted by atomic mass is 10.0. The number of carboxylic acid groups (broad SMARTS) is 2. The maximum atomic E-state index is 13.1. The highest BCUT2D eigenvalue weighted by Gasteiger charge is 2.33. The van der Waals surface area contributed by atoms with Crippen molar-refractivity contribution in [2.45, 2.75) is 56.5 Å². The van der Waals surface area contributed by atoms with E-state index in [1.165, 1.54) is 19.4 Å². The number of aromatic nitrogens is 2. The fraction of sp³-hybridized carbons (Fsp3) is 0.391. The van der Waals surface area contributed by atoms with Crippen molar-refractivity contribution in [3.05, 3.63) is 54.1 Å². The molecule has 37 heavy (non-hydrogen) atoms. The minimum atomic E-state index is -1.58. The summed E-state index contributed by atoms with van der Waals surface area (Å²) in [6, 6.07) is 2.93. The number of carbonyl (C=O) groups excluding carboxylic acids is 3. The van der Waals surface area contributed by atoms with Crippen LogP contribution in [0.4, 0.5) is 0 Å². The number of carboxylic acids is 2. The van der Waals surface area contributed by atoms with Crippen LogP contribution >= 0.6 is 0 Å². The van der Waals surface area contributed by atoms with Crippen molar-refractivity contribution < 1.29 is 39.3 Å². The van der Waals surface area contributed by atoms with E-state index in [2.05, 4.69) is 25.9 Å². The Hall–Kier alpha value is -4.30. The van der Waals surface area contributed by atoms with Gasteiger partial charge in [-0.05, 0) is 12.5 Å². The number of hydrogen-bond acceptors (Lipinski definition) is 8. The molecular formula is C23H30N6O8. The number of amides is 3. The van der Waals surface area contributed by atoms with Crippen LogP contribution in [-0.4, -0.2) is 85.2 Å². The average molecular weight is 519 g/mol. The molecule has 0 saturated heterocycles. The third-order valence-electron chi connectivity index (χ3n) is 5.30. The molecule has 1 aromatic heterocycles. The Morgan fingerprint density at radius 1 is 0.946 bits per heavy atom. The standard InChI is InChI=1S/C23H30N6O8/c1-12(30)19(29-20(33)15(24)9-18(31)32)22(35)27-16(8-14-10-25-11-26-14)21(34)28-17(23(36)37)7-13-5-3-2-4-6-13/h2-6,10-12,15-17,19,30H,7-9,24H2,1H3,(H,25,26)(H,27,35)(H,28,34)(H,29,33)(H,31,32)(H,36,37). The number of aliphatic carboxylic acids is 2. The molecular weight excluding hydrogens is 488 g/mol. The van der Waals surface area contributed by atoms with E-state index >= 15 is 0 Å². The number of rotatable bonds is 14. The van der Waals surface area contributed by atoms with Gasteiger partial charge in [0.2, 0.25) is 17.7 Å². The zero-order valence-electron chi connectivity index (χ0n) is 20.0. The highest BCUT2D eigenvalue weighted by atomic mass is 16.4. The number of aromatic amines is 1. The van der Waals surface area contributed by atoms with Gasteiger partial charge in [-0.1, -0.05) is 30.3 Å². The van der Waals surface area contributed by atoms with Gasteiger partial charge in [0.25, 0.3) is 0 Å². The van der Waals surface area contributed by atoms with Crippen molar-refractivity contribution in [2.24, 2.45) is 5.73 Å². The number of nitrogens with one attached hydrogen (secondary N) is 4. The van der Waals surface area contributed by atoms with E-state index in [4.69, 9.17) is 10.8 Å². The lowest BCUT2D eigenvalue weighted by molar-refractivity contribution is -0.142. The van der Waals surface area contributed by atoms with Gasteiger partial charge in [-0.2, -0.15) is 0 Å². The van der Waals surface area contributed by atoms with Crippen molar-refractivity contribution in [3.8, 4) is 0 Å². The molecule has 5 unspecified atom stereocenters. The van der Waals surface area contributed by atoms with Gasteiger partial charge < -0.3 is 42.0 Å². The van der Waals surface area contributed by atoms with Gasteiger partial charge in [0.05, 0.1) is 24.9 Å². The summed E-state index contributed by atoms with van der Waals surface area (Å²) in [6.45, 7) is 1.21. The van der Waals surface area contributed by atoms with E-state index in [0.29, 0.717) is 11.3 Å². The van der Waals surface area contributed by atoms with Gasteiger partial charge in [-0.25, -0.2) is 9.78 Å². The summed E-state index contributed by atoms with van der Waals surface area (Å²) in [5, 5.41) is 35.5. The molecule has 0 bridgehead atoms. The monoisotopic (exact) mass is 518 g/mol. The zero-order chi connectivity index (χ0) is 27.5. The fourth-order valence-corrected chi connectivity index (χ4v) is 3.36. The smallest absolute Gasteiger partial charge is 0.326 e. The van der Waals surface area contributed by atoms with Crippen molar-refractivity contribution in [1.82, 2.24) is 25.9 Å². The Morgan fingerprint density at radius 2 is 1.59 bits per heavy atom. The quantitative estimate of drug-likeness (QED) is 0.136. The number of aliphatic hydroxyl groups is 1. The molecule has 0 aliphatic rings. The lowest BCUT2D eigenvalue weighted by Gasteiger charge is -2.26. The molecule has 2 rings (SSSR count). The topological polar surface area (TPSA) is 237 Å². The maximum Gasteiger partial charge on any atom is 0.326 e. The van der Waals surface area contributed by atoms with E-state index < -0.39 is 66.4 Å². The third kappa shape index (κ3) is 9.35. The predicted octanol–water partition coefficient (Wildman–Crippen LogP) is -2.08. The van der Waals surface area contributed by atoms with Crippen molar-refractivity contribution in [2.75, 3.05) is 0 Å². The SMILES string of the molecule is CC(O)C(NC(=O)C(N)CC(=O)O)C(=O)NC(Cc1cnc[nH]1)C(=O)NC(Cc1ccccc1)C(=O)O. The van der Waals surface area contributed by atoms with E-state index in [9.17, 15) is 34.2 Å². The summed E-state index contributed by atoms with van der Waals surface area (Å²) < 4.78 is 0. The number of nitrogens with two attached hydrogens (primary N) is 1. The lowest BCUT2D eigenvalue weighted by Crippen LogP contribution is -2.60. The first-order valence-electron chi connectivity index (χ1n) is 11.3. The van der Waals surface area contributed by atoms with Crippen LogP contribution in [-0.2, 0) is 36.8 Å². The minimum Gasteiger partial charge on any atom is -0.481 e. The Kier molecular flexibility index (Phi) is 10.7. The van der Waals surface area contributed by atoms with Crippen molar-refractivity contribution in [3.63, 3.8) is 0 Å². The largest absolute Gasteiger partial charge is 0.481 e. The Bertz CT molecular complexity index is 1080. The predicted molar refractivity (Wildman–Crippen MR) is 128 cm³/mol. The van der Waals surface area contributed by atoms with Crippen LogP contribution in [0.2, 0.25) is 0 Å². The molecule has 0 spiro atoms. The number of imidazole rings is 1. The van der Waals surface area contributed by atoms with Crippen LogP contribution in [0.3, 0.4) is 0 Å². The molecule has 200 valence electrons. The summed E-state index contributed by atoms with van der Waals surface area (Å²) in [6.07, 6.45) is 0.479. The van der Waals surface area contributed by atoms with E-state index in [1.54, 1.807) is 30.3 Å². The maximum absolute atomic E-state index is 13.1. The number of benzene rings is 1. The molecule has 2 aromatic rings. The van der Waals surface area contributed by atoms with Gasteiger partial charge >= 0.3 is 11.9 Å². The summed E-state index contributed by atoms with van der Waals surface area (Å²) in [5.41, 5.74) is 6.62. The normalized spacial score (nSPS) is 14.9. The molecule has 0 saturated carbocycles. The summed E-state index contributed by atoms with van der Waals surface area (Å²) >= 11 is 0. The highest BCUT2D eigenvalue weighted by Crippen LogP contribution is 2.06. The Labute approximate surface area is 211 Å². The number of aliphatic hydroxyl groups excluding tert-OH is 1. The van der Waals surface area contributed by atoms with Crippen LogP contribution in [0.5, 0.6) is 0 Å². The molecule has 0 radical (unpaired) electrons. The highest BCUT2D eigenvalue weighted by molar-refractivity contribution is 5.95. The second-order valence-corrected chi connectivity index (χ2v) is 8.36. The second kappa shape index (κ2) is 13.7. The van der Waals surface area contributed by atoms with Gasteiger partial charge in [-0.15, -0.1) is 0 Å². The first-order valence-corrected chi connectivity index (χ1v) is 11.3. The Morgan fingerprint density at radius 3 is 2.14 bits per heavy atom. The first kappa shape index (κ1) is 28.9. The number of H-pyrrole nitrogens is 1. The van der Waals surface area contributed by atoms with Crippen LogP contribution in [0.25, 0.3) is 0 Å². The van der Waals surface area contributed by atoms with Gasteiger partial charge in [0.1, 0.15) is 18.1 Å². The van der Waals surface area contributed by atoms with E-state index in [0.717, 1.165) is 0 Å². The van der Waals surface area contributed by atoms with Crippen molar-refractivity contribution in [1.29, 1.82) is 0 Å². The van der Waals surface area contributed by atoms with Crippen LogP contribution in [0, 0.1) is 0 Å².